The van der Waals surface area contributed by atoms with E-state index in [4.69, 9.17) is 5.11 Å². The standard InChI is InChI=1S/C15H15N3O4S/c1-23(22)9-13(10-5-3-2-4-6-10)18-14(19)11-7-17-12(8-16-11)15(20)21/h2-8,13H,9H2,1H3,(H,18,19)(H,20,21). The summed E-state index contributed by atoms with van der Waals surface area (Å²) in [5.41, 5.74) is 0.583. The largest absolute Gasteiger partial charge is 0.476 e. The van der Waals surface area contributed by atoms with Crippen LogP contribution < -0.4 is 5.32 Å². The van der Waals surface area contributed by atoms with Crippen molar-refractivity contribution in [2.24, 2.45) is 0 Å². The normalized spacial score (nSPS) is 13.1. The highest BCUT2D eigenvalue weighted by atomic mass is 32.2. The molecule has 0 saturated carbocycles. The molecule has 120 valence electrons. The van der Waals surface area contributed by atoms with Crippen molar-refractivity contribution in [1.82, 2.24) is 15.3 Å². The molecule has 0 saturated heterocycles. The lowest BCUT2D eigenvalue weighted by atomic mass is 10.1. The van der Waals surface area contributed by atoms with E-state index in [-0.39, 0.29) is 17.1 Å². The molecule has 0 spiro atoms. The summed E-state index contributed by atoms with van der Waals surface area (Å²) in [4.78, 5) is 30.4. The number of hydrogen-bond donors (Lipinski definition) is 2. The molecule has 2 N–H and O–H groups in total. The highest BCUT2D eigenvalue weighted by Crippen LogP contribution is 2.14. The Bertz CT molecular complexity index is 719. The van der Waals surface area contributed by atoms with Gasteiger partial charge in [0.05, 0.1) is 18.4 Å². The van der Waals surface area contributed by atoms with Crippen molar-refractivity contribution in [3.63, 3.8) is 0 Å². The molecular weight excluding hydrogens is 318 g/mol. The number of carboxylic acid groups (broad SMARTS) is 1. The van der Waals surface area contributed by atoms with Gasteiger partial charge in [-0.1, -0.05) is 30.3 Å². The average Bonchev–Trinajstić information content (AvgIpc) is 2.54. The first-order chi connectivity index (χ1) is 11.0. The highest BCUT2D eigenvalue weighted by Gasteiger charge is 2.18. The minimum atomic E-state index is -1.21. The van der Waals surface area contributed by atoms with Gasteiger partial charge >= 0.3 is 5.97 Å². The molecule has 23 heavy (non-hydrogen) atoms. The number of carbonyl (C=O) groups is 2. The third-order valence-electron chi connectivity index (χ3n) is 3.01. The molecule has 1 aromatic heterocycles. The van der Waals surface area contributed by atoms with Crippen LogP contribution in [0.5, 0.6) is 0 Å². The van der Waals surface area contributed by atoms with Crippen molar-refractivity contribution in [2.45, 2.75) is 6.04 Å². The van der Waals surface area contributed by atoms with Crippen molar-refractivity contribution in [3.8, 4) is 0 Å². The molecule has 0 aliphatic carbocycles. The first-order valence-electron chi connectivity index (χ1n) is 6.68. The van der Waals surface area contributed by atoms with E-state index in [1.165, 1.54) is 0 Å². The monoisotopic (exact) mass is 333 g/mol. The number of nitrogens with zero attached hydrogens (tertiary/aromatic N) is 2. The van der Waals surface area contributed by atoms with Gasteiger partial charge in [0, 0.05) is 22.8 Å². The van der Waals surface area contributed by atoms with Gasteiger partial charge in [-0.25, -0.2) is 14.8 Å². The number of aromatic carboxylic acids is 1. The Morgan fingerprint density at radius 1 is 1.17 bits per heavy atom. The maximum absolute atomic E-state index is 12.2. The number of carboxylic acids is 1. The quantitative estimate of drug-likeness (QED) is 0.817. The molecule has 0 aliphatic rings. The Morgan fingerprint density at radius 3 is 2.30 bits per heavy atom. The summed E-state index contributed by atoms with van der Waals surface area (Å²) in [5, 5.41) is 11.5. The lowest BCUT2D eigenvalue weighted by Gasteiger charge is -2.17. The van der Waals surface area contributed by atoms with Crippen molar-refractivity contribution in [3.05, 3.63) is 59.7 Å². The SMILES string of the molecule is CS(=O)CC(NC(=O)c1cnc(C(=O)O)cn1)c1ccccc1. The van der Waals surface area contributed by atoms with E-state index in [0.717, 1.165) is 18.0 Å². The summed E-state index contributed by atoms with van der Waals surface area (Å²) < 4.78 is 11.5. The fourth-order valence-corrected chi connectivity index (χ4v) is 2.67. The molecule has 1 aromatic carbocycles. The lowest BCUT2D eigenvalue weighted by molar-refractivity contribution is 0.0689. The predicted molar refractivity (Wildman–Crippen MR) is 84.6 cm³/mol. The van der Waals surface area contributed by atoms with Gasteiger partial charge in [-0.2, -0.15) is 0 Å². The van der Waals surface area contributed by atoms with Crippen molar-refractivity contribution < 1.29 is 18.9 Å². The van der Waals surface area contributed by atoms with Gasteiger partial charge in [0.25, 0.3) is 5.91 Å². The van der Waals surface area contributed by atoms with Crippen LogP contribution in [0.4, 0.5) is 0 Å². The van der Waals surface area contributed by atoms with Crippen LogP contribution in [0, 0.1) is 0 Å². The number of benzene rings is 1. The van der Waals surface area contributed by atoms with Crippen LogP contribution in [0.3, 0.4) is 0 Å². The third-order valence-corrected chi connectivity index (χ3v) is 3.81. The first kappa shape index (κ1) is 16.8. The van der Waals surface area contributed by atoms with Gasteiger partial charge in [0.1, 0.15) is 5.69 Å². The van der Waals surface area contributed by atoms with Crippen LogP contribution >= 0.6 is 0 Å². The van der Waals surface area contributed by atoms with Gasteiger partial charge in [0.15, 0.2) is 5.69 Å². The maximum atomic E-state index is 12.2. The second-order valence-electron chi connectivity index (χ2n) is 4.77. The number of hydrogen-bond acceptors (Lipinski definition) is 5. The predicted octanol–water partition coefficient (Wildman–Crippen LogP) is 1.02. The zero-order valence-corrected chi connectivity index (χ0v) is 13.1. The van der Waals surface area contributed by atoms with E-state index in [0.29, 0.717) is 0 Å². The smallest absolute Gasteiger partial charge is 0.356 e. The minimum absolute atomic E-state index is 0.00202. The zero-order chi connectivity index (χ0) is 16.8. The molecule has 2 atom stereocenters. The van der Waals surface area contributed by atoms with E-state index < -0.39 is 28.7 Å². The Kier molecular flexibility index (Phi) is 5.53. The van der Waals surface area contributed by atoms with Crippen molar-refractivity contribution >= 4 is 22.7 Å². The number of carbonyl (C=O) groups excluding carboxylic acids is 1. The average molecular weight is 333 g/mol. The van der Waals surface area contributed by atoms with E-state index in [1.807, 2.05) is 30.3 Å². The van der Waals surface area contributed by atoms with Crippen LogP contribution in [-0.2, 0) is 10.8 Å². The first-order valence-corrected chi connectivity index (χ1v) is 8.41. The Hall–Kier alpha value is -2.61. The molecular formula is C15H15N3O4S. The van der Waals surface area contributed by atoms with Gasteiger partial charge in [-0.3, -0.25) is 9.00 Å². The Labute approximate surface area is 135 Å². The molecule has 2 unspecified atom stereocenters. The van der Waals surface area contributed by atoms with Gasteiger partial charge in [0.2, 0.25) is 0 Å². The molecule has 1 amide bonds. The molecule has 0 aliphatic heterocycles. The number of nitrogens with one attached hydrogen (secondary N) is 1. The number of rotatable bonds is 6. The van der Waals surface area contributed by atoms with Crippen LogP contribution in [0.15, 0.2) is 42.7 Å². The molecule has 8 heteroatoms. The zero-order valence-electron chi connectivity index (χ0n) is 12.3. The van der Waals surface area contributed by atoms with Gasteiger partial charge in [-0.15, -0.1) is 0 Å². The number of amides is 1. The lowest BCUT2D eigenvalue weighted by Crippen LogP contribution is -2.32. The van der Waals surface area contributed by atoms with Crippen LogP contribution in [0.25, 0.3) is 0 Å². The molecule has 7 nitrogen and oxygen atoms in total. The molecule has 0 fully saturated rings. The van der Waals surface area contributed by atoms with Crippen LogP contribution in [0.1, 0.15) is 32.6 Å². The topological polar surface area (TPSA) is 109 Å². The number of aromatic nitrogens is 2. The fraction of sp³-hybridized carbons (Fsp3) is 0.200. The molecule has 0 radical (unpaired) electrons. The summed E-state index contributed by atoms with van der Waals surface area (Å²) in [6, 6.07) is 8.73. The molecule has 0 bridgehead atoms. The highest BCUT2D eigenvalue weighted by molar-refractivity contribution is 7.84. The van der Waals surface area contributed by atoms with Crippen molar-refractivity contribution in [2.75, 3.05) is 12.0 Å². The van der Waals surface area contributed by atoms with E-state index in [9.17, 15) is 13.8 Å². The van der Waals surface area contributed by atoms with Gasteiger partial charge in [-0.05, 0) is 5.56 Å². The fourth-order valence-electron chi connectivity index (χ4n) is 1.93. The Balaban J connectivity index is 2.17. The van der Waals surface area contributed by atoms with Crippen LogP contribution in [0.2, 0.25) is 0 Å². The summed E-state index contributed by atoms with van der Waals surface area (Å²) >= 11 is 0. The van der Waals surface area contributed by atoms with E-state index in [1.54, 1.807) is 6.26 Å². The molecule has 2 rings (SSSR count). The van der Waals surface area contributed by atoms with E-state index >= 15 is 0 Å². The Morgan fingerprint density at radius 2 is 1.78 bits per heavy atom. The maximum Gasteiger partial charge on any atom is 0.356 e. The second kappa shape index (κ2) is 7.59. The summed E-state index contributed by atoms with van der Waals surface area (Å²) in [6.45, 7) is 0. The second-order valence-corrected chi connectivity index (χ2v) is 6.25. The summed E-state index contributed by atoms with van der Waals surface area (Å²) in [6.07, 6.45) is 3.68. The van der Waals surface area contributed by atoms with Crippen LogP contribution in [-0.4, -0.2) is 43.2 Å². The summed E-state index contributed by atoms with van der Waals surface area (Å²) in [5.74, 6) is -1.46. The minimum Gasteiger partial charge on any atom is -0.476 e. The summed E-state index contributed by atoms with van der Waals surface area (Å²) in [7, 11) is -1.11. The molecule has 2 aromatic rings. The molecule has 1 heterocycles. The van der Waals surface area contributed by atoms with E-state index in [2.05, 4.69) is 15.3 Å². The van der Waals surface area contributed by atoms with Crippen molar-refractivity contribution in [1.29, 1.82) is 0 Å². The van der Waals surface area contributed by atoms with Gasteiger partial charge < -0.3 is 10.4 Å². The third kappa shape index (κ3) is 4.68.